The molecule has 67 heavy (non-hydrogen) atoms. The third-order valence-corrected chi connectivity index (χ3v) is 12.4. The molecule has 9 aromatic rings. The minimum absolute atomic E-state index is 0. The number of nitrogens with one attached hydrogen (secondary N) is 5. The number of para-hydroxylation sites is 6. The van der Waals surface area contributed by atoms with Gasteiger partial charge in [0.2, 0.25) is 11.8 Å². The Labute approximate surface area is 398 Å². The first-order valence-corrected chi connectivity index (χ1v) is 23.7. The second-order valence-electron chi connectivity index (χ2n) is 17.2. The van der Waals surface area contributed by atoms with E-state index in [1.807, 2.05) is 72.8 Å². The molecule has 0 atom stereocenters. The molecule has 0 radical (unpaired) electrons. The van der Waals surface area contributed by atoms with Crippen LogP contribution in [0.2, 0.25) is 0 Å². The van der Waals surface area contributed by atoms with Crippen LogP contribution in [-0.2, 0) is 9.59 Å². The van der Waals surface area contributed by atoms with E-state index in [0.29, 0.717) is 13.1 Å². The SMILES string of the molecule is Cl.O=C(CC(CC(=O)NCCCCCCNc1c2ccccc2nc2ccccc12)Nc1c2ccccc2nc2ccccc12)NCCCCCCNc1c2ccccc2nc2ccccc12. The number of anilines is 3. The lowest BCUT2D eigenvalue weighted by Crippen LogP contribution is -2.36. The van der Waals surface area contributed by atoms with Gasteiger partial charge in [0.1, 0.15) is 0 Å². The van der Waals surface area contributed by atoms with Crippen molar-refractivity contribution in [3.05, 3.63) is 146 Å². The lowest BCUT2D eigenvalue weighted by molar-refractivity contribution is -0.122. The zero-order valence-electron chi connectivity index (χ0n) is 37.9. The number of benzene rings is 6. The molecule has 342 valence electrons. The van der Waals surface area contributed by atoms with Gasteiger partial charge >= 0.3 is 0 Å². The first-order chi connectivity index (χ1) is 32.6. The topological polar surface area (TPSA) is 133 Å². The molecule has 3 aromatic heterocycles. The molecule has 9 rings (SSSR count). The van der Waals surface area contributed by atoms with Crippen LogP contribution in [0.4, 0.5) is 17.1 Å². The largest absolute Gasteiger partial charge is 0.384 e. The Morgan fingerprint density at radius 3 is 0.940 bits per heavy atom. The summed E-state index contributed by atoms with van der Waals surface area (Å²) in [6, 6.07) is 48.8. The summed E-state index contributed by atoms with van der Waals surface area (Å²) in [6.07, 6.45) is 8.28. The van der Waals surface area contributed by atoms with E-state index in [4.69, 9.17) is 15.0 Å². The van der Waals surface area contributed by atoms with Crippen molar-refractivity contribution >= 4 is 107 Å². The van der Waals surface area contributed by atoms with Gasteiger partial charge in [0.05, 0.1) is 50.2 Å². The van der Waals surface area contributed by atoms with Gasteiger partial charge in [0.15, 0.2) is 0 Å². The fourth-order valence-electron chi connectivity index (χ4n) is 9.12. The fourth-order valence-corrected chi connectivity index (χ4v) is 9.12. The van der Waals surface area contributed by atoms with E-state index in [2.05, 4.69) is 99.4 Å². The van der Waals surface area contributed by atoms with Crippen molar-refractivity contribution in [2.24, 2.45) is 0 Å². The summed E-state index contributed by atoms with van der Waals surface area (Å²) in [4.78, 5) is 41.7. The molecule has 0 aliphatic carbocycles. The highest BCUT2D eigenvalue weighted by Crippen LogP contribution is 2.34. The smallest absolute Gasteiger partial charge is 0.222 e. The summed E-state index contributed by atoms with van der Waals surface area (Å²) >= 11 is 0. The van der Waals surface area contributed by atoms with Crippen LogP contribution in [0.3, 0.4) is 0 Å². The summed E-state index contributed by atoms with van der Waals surface area (Å²) in [5.74, 6) is -0.134. The molecule has 0 aliphatic heterocycles. The van der Waals surface area contributed by atoms with Crippen molar-refractivity contribution < 1.29 is 9.59 Å². The standard InChI is InChI=1S/C56H58N8O2.ClH/c65-52(57-33-17-1-3-19-35-59-54-40-21-5-11-27-46(40)62-47-28-12-6-22-41(47)54)37-39(61-56-44-25-9-15-31-50(44)64-51-32-16-10-26-45(51)56)38-53(66)58-34-18-2-4-20-36-60-55-42-23-7-13-29-48(42)63-49-30-14-8-24-43(49)55;/h5-16,21-32,39H,1-4,17-20,33-38H2,(H,57,65)(H,58,66)(H,59,62)(H,60,63)(H,61,64);1H. The van der Waals surface area contributed by atoms with Gasteiger partial charge in [-0.3, -0.25) is 9.59 Å². The van der Waals surface area contributed by atoms with Crippen LogP contribution in [0.1, 0.15) is 64.2 Å². The van der Waals surface area contributed by atoms with Gasteiger partial charge in [-0.15, -0.1) is 12.4 Å². The van der Waals surface area contributed by atoms with Crippen molar-refractivity contribution in [2.75, 3.05) is 42.1 Å². The number of amides is 2. The summed E-state index contributed by atoms with van der Waals surface area (Å²) in [7, 11) is 0. The summed E-state index contributed by atoms with van der Waals surface area (Å²) < 4.78 is 0. The first kappa shape index (κ1) is 46.5. The fraction of sp³-hybridized carbons (Fsp3) is 0.268. The predicted molar refractivity (Wildman–Crippen MR) is 282 cm³/mol. The number of rotatable bonds is 22. The van der Waals surface area contributed by atoms with E-state index in [9.17, 15) is 9.59 Å². The molecule has 0 spiro atoms. The molecule has 0 saturated carbocycles. The van der Waals surface area contributed by atoms with Crippen LogP contribution in [0.25, 0.3) is 65.4 Å². The Balaban J connectivity index is 0.00000608. The minimum Gasteiger partial charge on any atom is -0.384 e. The maximum Gasteiger partial charge on any atom is 0.222 e. The first-order valence-electron chi connectivity index (χ1n) is 23.7. The molecule has 6 aromatic carbocycles. The number of fused-ring (bicyclic) bond motifs is 6. The molecule has 0 fully saturated rings. The van der Waals surface area contributed by atoms with E-state index in [1.54, 1.807) is 0 Å². The van der Waals surface area contributed by atoms with Crippen LogP contribution < -0.4 is 26.6 Å². The number of aromatic nitrogens is 3. The van der Waals surface area contributed by atoms with Crippen molar-refractivity contribution in [2.45, 2.75) is 70.3 Å². The highest BCUT2D eigenvalue weighted by molar-refractivity contribution is 6.09. The average molecular weight is 912 g/mol. The molecule has 0 unspecified atom stereocenters. The van der Waals surface area contributed by atoms with Crippen LogP contribution in [0, 0.1) is 0 Å². The summed E-state index contributed by atoms with van der Waals surface area (Å²) in [5.41, 5.74) is 8.86. The molecule has 11 heteroatoms. The number of hydrogen-bond donors (Lipinski definition) is 5. The second kappa shape index (κ2) is 22.9. The van der Waals surface area contributed by atoms with Gasteiger partial charge in [-0.1, -0.05) is 135 Å². The van der Waals surface area contributed by atoms with Gasteiger partial charge in [-0.05, 0) is 62.1 Å². The van der Waals surface area contributed by atoms with Gasteiger partial charge in [-0.2, -0.15) is 0 Å². The third-order valence-electron chi connectivity index (χ3n) is 12.4. The van der Waals surface area contributed by atoms with Crippen molar-refractivity contribution in [3.63, 3.8) is 0 Å². The van der Waals surface area contributed by atoms with Crippen LogP contribution in [-0.4, -0.2) is 59.0 Å². The van der Waals surface area contributed by atoms with E-state index >= 15 is 0 Å². The number of pyridine rings is 3. The molecule has 10 nitrogen and oxygen atoms in total. The van der Waals surface area contributed by atoms with E-state index in [-0.39, 0.29) is 37.1 Å². The molecule has 0 saturated heterocycles. The average Bonchev–Trinajstić information content (AvgIpc) is 3.34. The molecule has 5 N–H and O–H groups in total. The predicted octanol–water partition coefficient (Wildman–Crippen LogP) is 12.4. The van der Waals surface area contributed by atoms with Crippen molar-refractivity contribution in [3.8, 4) is 0 Å². The molecule has 2 amide bonds. The van der Waals surface area contributed by atoms with Crippen LogP contribution in [0.15, 0.2) is 146 Å². The van der Waals surface area contributed by atoms with E-state index < -0.39 is 6.04 Å². The second-order valence-corrected chi connectivity index (χ2v) is 17.2. The number of hydrogen-bond acceptors (Lipinski definition) is 8. The molecule has 3 heterocycles. The molecular formula is C56H59ClN8O2. The van der Waals surface area contributed by atoms with Crippen LogP contribution in [0.5, 0.6) is 0 Å². The Kier molecular flexibility index (Phi) is 15.9. The van der Waals surface area contributed by atoms with Crippen LogP contribution >= 0.6 is 12.4 Å². The normalized spacial score (nSPS) is 11.4. The Morgan fingerprint density at radius 2 is 0.627 bits per heavy atom. The summed E-state index contributed by atoms with van der Waals surface area (Å²) in [6.45, 7) is 2.91. The molecule has 0 bridgehead atoms. The highest BCUT2D eigenvalue weighted by atomic mass is 35.5. The summed E-state index contributed by atoms with van der Waals surface area (Å²) in [5, 5.41) is 23.8. The zero-order valence-corrected chi connectivity index (χ0v) is 38.7. The Morgan fingerprint density at radius 1 is 0.358 bits per heavy atom. The molecular weight excluding hydrogens is 852 g/mol. The number of carbonyl (C=O) groups is 2. The van der Waals surface area contributed by atoms with Gasteiger partial charge in [0, 0.05) is 77.4 Å². The quantitative estimate of drug-likeness (QED) is 0.0335. The number of carbonyl (C=O) groups excluding carboxylic acids is 2. The maximum atomic E-state index is 13.5. The van der Waals surface area contributed by atoms with Crippen molar-refractivity contribution in [1.29, 1.82) is 0 Å². The van der Waals surface area contributed by atoms with Crippen molar-refractivity contribution in [1.82, 2.24) is 25.6 Å². The lowest BCUT2D eigenvalue weighted by atomic mass is 10.0. The number of halogens is 1. The van der Waals surface area contributed by atoms with E-state index in [0.717, 1.165) is 147 Å². The number of unbranched alkanes of at least 4 members (excludes halogenated alkanes) is 6. The Hall–Kier alpha value is -7.04. The van der Waals surface area contributed by atoms with Gasteiger partial charge in [0.25, 0.3) is 0 Å². The highest BCUT2D eigenvalue weighted by Gasteiger charge is 2.21. The third kappa shape index (κ3) is 11.5. The maximum absolute atomic E-state index is 13.5. The molecule has 0 aliphatic rings. The van der Waals surface area contributed by atoms with E-state index in [1.165, 1.54) is 0 Å². The Bertz CT molecular complexity index is 2810. The minimum atomic E-state index is -0.419. The number of nitrogens with zero attached hydrogens (tertiary/aromatic N) is 3. The zero-order chi connectivity index (χ0) is 44.9. The lowest BCUT2D eigenvalue weighted by Gasteiger charge is -2.22. The van der Waals surface area contributed by atoms with Gasteiger partial charge in [-0.25, -0.2) is 15.0 Å². The van der Waals surface area contributed by atoms with Gasteiger partial charge < -0.3 is 26.6 Å². The monoisotopic (exact) mass is 910 g/mol.